The Balaban J connectivity index is 2.16. The lowest BCUT2D eigenvalue weighted by atomic mass is 10.0. The summed E-state index contributed by atoms with van der Waals surface area (Å²) in [6.07, 6.45) is 2.66. The van der Waals surface area contributed by atoms with Crippen LogP contribution in [0, 0.1) is 5.82 Å². The van der Waals surface area contributed by atoms with Gasteiger partial charge in [0.15, 0.2) is 0 Å². The summed E-state index contributed by atoms with van der Waals surface area (Å²) in [6, 6.07) is 4.96. The van der Waals surface area contributed by atoms with Crippen molar-refractivity contribution in [3.8, 4) is 5.75 Å². The first-order valence-electron chi connectivity index (χ1n) is 5.90. The third-order valence-corrected chi connectivity index (χ3v) is 2.82. The monoisotopic (exact) mass is 236 g/mol. The number of benzene rings is 1. The van der Waals surface area contributed by atoms with Crippen LogP contribution in [0.15, 0.2) is 29.8 Å². The SMILES string of the molecule is CCOc1ccc(C2CC=C(C)CO2)c(F)c1. The second-order valence-corrected chi connectivity index (χ2v) is 4.20. The molecule has 0 radical (unpaired) electrons. The lowest BCUT2D eigenvalue weighted by molar-refractivity contribution is 0.0590. The number of hydrogen-bond donors (Lipinski definition) is 0. The lowest BCUT2D eigenvalue weighted by Gasteiger charge is -2.22. The van der Waals surface area contributed by atoms with Crippen molar-refractivity contribution in [2.24, 2.45) is 0 Å². The summed E-state index contributed by atoms with van der Waals surface area (Å²) in [5.41, 5.74) is 1.81. The van der Waals surface area contributed by atoms with Crippen LogP contribution in [0.4, 0.5) is 4.39 Å². The summed E-state index contributed by atoms with van der Waals surface area (Å²) in [5, 5.41) is 0. The van der Waals surface area contributed by atoms with Crippen molar-refractivity contribution in [1.29, 1.82) is 0 Å². The van der Waals surface area contributed by atoms with Crippen LogP contribution in [-0.2, 0) is 4.74 Å². The minimum Gasteiger partial charge on any atom is -0.494 e. The molecule has 0 spiro atoms. The molecule has 2 rings (SSSR count). The second kappa shape index (κ2) is 5.32. The standard InChI is InChI=1S/C14H17FO2/c1-3-16-11-5-6-12(13(15)8-11)14-7-4-10(2)9-17-14/h4-6,8,14H,3,7,9H2,1-2H3. The molecule has 1 unspecified atom stereocenters. The summed E-state index contributed by atoms with van der Waals surface area (Å²) in [7, 11) is 0. The minimum absolute atomic E-state index is 0.172. The largest absolute Gasteiger partial charge is 0.494 e. The quantitative estimate of drug-likeness (QED) is 0.746. The molecule has 1 atom stereocenters. The second-order valence-electron chi connectivity index (χ2n) is 4.20. The van der Waals surface area contributed by atoms with E-state index in [1.165, 1.54) is 11.6 Å². The van der Waals surface area contributed by atoms with E-state index in [-0.39, 0.29) is 11.9 Å². The minimum atomic E-state index is -0.256. The van der Waals surface area contributed by atoms with E-state index in [1.54, 1.807) is 12.1 Å². The van der Waals surface area contributed by atoms with E-state index < -0.39 is 0 Å². The van der Waals surface area contributed by atoms with Gasteiger partial charge in [-0.05, 0) is 32.4 Å². The van der Waals surface area contributed by atoms with Crippen LogP contribution >= 0.6 is 0 Å². The first-order chi connectivity index (χ1) is 8.20. The first kappa shape index (κ1) is 12.1. The number of rotatable bonds is 3. The molecule has 2 nitrogen and oxygen atoms in total. The molecule has 1 aromatic carbocycles. The van der Waals surface area contributed by atoms with Crippen molar-refractivity contribution < 1.29 is 13.9 Å². The number of halogens is 1. The summed E-state index contributed by atoms with van der Waals surface area (Å²) in [5.74, 6) is 0.310. The van der Waals surface area contributed by atoms with Crippen LogP contribution in [0.2, 0.25) is 0 Å². The molecule has 92 valence electrons. The molecule has 1 heterocycles. The zero-order chi connectivity index (χ0) is 12.3. The third-order valence-electron chi connectivity index (χ3n) is 2.82. The molecule has 0 saturated heterocycles. The first-order valence-corrected chi connectivity index (χ1v) is 5.90. The highest BCUT2D eigenvalue weighted by Gasteiger charge is 2.19. The average molecular weight is 236 g/mol. The summed E-state index contributed by atoms with van der Waals surface area (Å²) >= 11 is 0. The van der Waals surface area contributed by atoms with E-state index in [2.05, 4.69) is 6.08 Å². The van der Waals surface area contributed by atoms with Crippen molar-refractivity contribution >= 4 is 0 Å². The van der Waals surface area contributed by atoms with Crippen molar-refractivity contribution in [1.82, 2.24) is 0 Å². The van der Waals surface area contributed by atoms with Gasteiger partial charge in [-0.15, -0.1) is 0 Å². The highest BCUT2D eigenvalue weighted by Crippen LogP contribution is 2.30. The van der Waals surface area contributed by atoms with Gasteiger partial charge < -0.3 is 9.47 Å². The van der Waals surface area contributed by atoms with E-state index in [4.69, 9.17) is 9.47 Å². The maximum absolute atomic E-state index is 13.9. The van der Waals surface area contributed by atoms with Crippen molar-refractivity contribution in [2.45, 2.75) is 26.4 Å². The van der Waals surface area contributed by atoms with Gasteiger partial charge in [0, 0.05) is 11.6 Å². The zero-order valence-corrected chi connectivity index (χ0v) is 10.2. The van der Waals surface area contributed by atoms with Crippen molar-refractivity contribution in [3.63, 3.8) is 0 Å². The van der Waals surface area contributed by atoms with Gasteiger partial charge >= 0.3 is 0 Å². The van der Waals surface area contributed by atoms with Crippen LogP contribution < -0.4 is 4.74 Å². The van der Waals surface area contributed by atoms with Gasteiger partial charge in [-0.3, -0.25) is 0 Å². The molecule has 0 bridgehead atoms. The molecule has 0 aliphatic carbocycles. The molecule has 0 saturated carbocycles. The predicted octanol–water partition coefficient (Wildman–Crippen LogP) is 3.63. The highest BCUT2D eigenvalue weighted by molar-refractivity contribution is 5.31. The van der Waals surface area contributed by atoms with Gasteiger partial charge in [0.1, 0.15) is 11.6 Å². The number of ether oxygens (including phenoxy) is 2. The smallest absolute Gasteiger partial charge is 0.132 e. The Kier molecular flexibility index (Phi) is 3.79. The summed E-state index contributed by atoms with van der Waals surface area (Å²) < 4.78 is 24.7. The Morgan fingerprint density at radius 3 is 2.88 bits per heavy atom. The van der Waals surface area contributed by atoms with Gasteiger partial charge in [-0.25, -0.2) is 4.39 Å². The summed E-state index contributed by atoms with van der Waals surface area (Å²) in [6.45, 7) is 5.02. The maximum Gasteiger partial charge on any atom is 0.132 e. The highest BCUT2D eigenvalue weighted by atomic mass is 19.1. The normalized spacial score (nSPS) is 19.9. The third kappa shape index (κ3) is 2.86. The van der Waals surface area contributed by atoms with E-state index in [0.717, 1.165) is 6.42 Å². The fourth-order valence-corrected chi connectivity index (χ4v) is 1.91. The van der Waals surface area contributed by atoms with Gasteiger partial charge in [0.25, 0.3) is 0 Å². The van der Waals surface area contributed by atoms with Crippen molar-refractivity contribution in [2.75, 3.05) is 13.2 Å². The fraction of sp³-hybridized carbons (Fsp3) is 0.429. The number of hydrogen-bond acceptors (Lipinski definition) is 2. The van der Waals surface area contributed by atoms with Crippen molar-refractivity contribution in [3.05, 3.63) is 41.2 Å². The summed E-state index contributed by atoms with van der Waals surface area (Å²) in [4.78, 5) is 0. The Bertz CT molecular complexity index is 426. The molecule has 0 aromatic heterocycles. The van der Waals surface area contributed by atoms with Crippen LogP contribution in [-0.4, -0.2) is 13.2 Å². The molecule has 1 aromatic rings. The van der Waals surface area contributed by atoms with Crippen LogP contribution in [0.3, 0.4) is 0 Å². The van der Waals surface area contributed by atoms with Crippen LogP contribution in [0.25, 0.3) is 0 Å². The van der Waals surface area contributed by atoms with E-state index in [1.807, 2.05) is 13.8 Å². The van der Waals surface area contributed by atoms with Gasteiger partial charge in [-0.1, -0.05) is 11.6 Å². The Morgan fingerprint density at radius 1 is 1.47 bits per heavy atom. The van der Waals surface area contributed by atoms with Gasteiger partial charge in [0.05, 0.1) is 19.3 Å². The van der Waals surface area contributed by atoms with Gasteiger partial charge in [0.2, 0.25) is 0 Å². The Labute approximate surface area is 101 Å². The molecule has 1 aliphatic rings. The maximum atomic E-state index is 13.9. The molecule has 3 heteroatoms. The van der Waals surface area contributed by atoms with E-state index >= 15 is 0 Å². The van der Waals surface area contributed by atoms with Crippen LogP contribution in [0.1, 0.15) is 31.9 Å². The van der Waals surface area contributed by atoms with E-state index in [9.17, 15) is 4.39 Å². The van der Waals surface area contributed by atoms with Gasteiger partial charge in [-0.2, -0.15) is 0 Å². The van der Waals surface area contributed by atoms with E-state index in [0.29, 0.717) is 24.5 Å². The predicted molar refractivity (Wildman–Crippen MR) is 64.6 cm³/mol. The molecule has 0 amide bonds. The van der Waals surface area contributed by atoms with Crippen LogP contribution in [0.5, 0.6) is 5.75 Å². The molecular weight excluding hydrogens is 219 g/mol. The Morgan fingerprint density at radius 2 is 2.29 bits per heavy atom. The molecular formula is C14H17FO2. The molecule has 0 fully saturated rings. The Hall–Kier alpha value is -1.35. The molecule has 0 N–H and O–H groups in total. The fourth-order valence-electron chi connectivity index (χ4n) is 1.91. The zero-order valence-electron chi connectivity index (χ0n) is 10.2. The molecule has 17 heavy (non-hydrogen) atoms. The lowest BCUT2D eigenvalue weighted by Crippen LogP contribution is -2.12. The molecule has 1 aliphatic heterocycles. The topological polar surface area (TPSA) is 18.5 Å². The average Bonchev–Trinajstić information content (AvgIpc) is 2.31.